The second-order valence-corrected chi connectivity index (χ2v) is 7.46. The molecule has 0 saturated carbocycles. The molecule has 1 aliphatic heterocycles. The first-order valence-corrected chi connectivity index (χ1v) is 9.92. The molecule has 1 saturated heterocycles. The Bertz CT molecular complexity index is 909. The van der Waals surface area contributed by atoms with Gasteiger partial charge < -0.3 is 4.74 Å². The van der Waals surface area contributed by atoms with Crippen LogP contribution in [-0.4, -0.2) is 40.9 Å². The number of aromatic nitrogens is 2. The van der Waals surface area contributed by atoms with Crippen molar-refractivity contribution >= 4 is 35.6 Å². The van der Waals surface area contributed by atoms with E-state index in [1.165, 1.54) is 12.8 Å². The van der Waals surface area contributed by atoms with Crippen LogP contribution < -0.4 is 4.74 Å². The zero-order valence-electron chi connectivity index (χ0n) is 15.4. The third-order valence-corrected chi connectivity index (χ3v) is 5.50. The summed E-state index contributed by atoms with van der Waals surface area (Å²) in [6, 6.07) is 17.6. The van der Waals surface area contributed by atoms with Crippen molar-refractivity contribution in [1.82, 2.24) is 14.7 Å². The summed E-state index contributed by atoms with van der Waals surface area (Å²) in [5.74, 6) is 0.610. The van der Waals surface area contributed by atoms with E-state index in [9.17, 15) is 0 Å². The molecule has 4 nitrogen and oxygen atoms in total. The average molecular weight is 439 g/mol. The lowest BCUT2D eigenvalue weighted by Crippen LogP contribution is -2.25. The normalized spacial score (nSPS) is 14.1. The van der Waals surface area contributed by atoms with E-state index in [0.717, 1.165) is 36.6 Å². The molecule has 1 aromatic heterocycles. The maximum atomic E-state index is 6.22. The molecule has 1 aliphatic rings. The van der Waals surface area contributed by atoms with Crippen LogP contribution in [0, 0.1) is 0 Å². The number of hydrogen-bond acceptors (Lipinski definition) is 3. The fraction of sp³-hybridized carbons (Fsp3) is 0.286. The summed E-state index contributed by atoms with van der Waals surface area (Å²) in [5.41, 5.74) is 2.85. The average Bonchev–Trinajstić information content (AvgIpc) is 3.35. The fourth-order valence-corrected chi connectivity index (χ4v) is 3.64. The van der Waals surface area contributed by atoms with Crippen molar-refractivity contribution in [2.45, 2.75) is 12.8 Å². The van der Waals surface area contributed by atoms with Gasteiger partial charge in [0.1, 0.15) is 6.61 Å². The molecule has 3 aromatic rings. The van der Waals surface area contributed by atoms with Crippen molar-refractivity contribution in [3.8, 4) is 22.8 Å². The van der Waals surface area contributed by atoms with E-state index in [2.05, 4.69) is 22.1 Å². The van der Waals surface area contributed by atoms with Crippen molar-refractivity contribution in [3.05, 3.63) is 64.6 Å². The summed E-state index contributed by atoms with van der Waals surface area (Å²) in [5, 5.41) is 5.69. The van der Waals surface area contributed by atoms with E-state index in [-0.39, 0.29) is 12.4 Å². The topological polar surface area (TPSA) is 30.3 Å². The number of benzene rings is 2. The Morgan fingerprint density at radius 2 is 1.68 bits per heavy atom. The molecule has 148 valence electrons. The van der Waals surface area contributed by atoms with Gasteiger partial charge in [-0.3, -0.25) is 4.90 Å². The first-order valence-electron chi connectivity index (χ1n) is 9.17. The quantitative estimate of drug-likeness (QED) is 0.491. The minimum absolute atomic E-state index is 0. The van der Waals surface area contributed by atoms with Crippen molar-refractivity contribution < 1.29 is 4.74 Å². The summed E-state index contributed by atoms with van der Waals surface area (Å²) in [7, 11) is 0. The first kappa shape index (κ1) is 21.0. The van der Waals surface area contributed by atoms with Crippen LogP contribution in [0.25, 0.3) is 16.9 Å². The molecule has 0 N–H and O–H groups in total. The van der Waals surface area contributed by atoms with E-state index in [4.69, 9.17) is 27.9 Å². The van der Waals surface area contributed by atoms with Crippen LogP contribution >= 0.6 is 35.6 Å². The van der Waals surface area contributed by atoms with E-state index in [1.54, 1.807) is 6.07 Å². The summed E-state index contributed by atoms with van der Waals surface area (Å²) in [6.45, 7) is 3.89. The lowest BCUT2D eigenvalue weighted by atomic mass is 10.1. The van der Waals surface area contributed by atoms with Crippen molar-refractivity contribution in [2.24, 2.45) is 0 Å². The number of ether oxygens (including phenoxy) is 1. The highest BCUT2D eigenvalue weighted by molar-refractivity contribution is 6.42. The maximum Gasteiger partial charge on any atom is 0.233 e. The van der Waals surface area contributed by atoms with Gasteiger partial charge in [0, 0.05) is 18.2 Å². The van der Waals surface area contributed by atoms with Gasteiger partial charge in [0.05, 0.1) is 21.4 Å². The lowest BCUT2D eigenvalue weighted by Gasteiger charge is -2.13. The Labute approximate surface area is 181 Å². The number of likely N-dealkylation sites (tertiary alicyclic amines) is 1. The SMILES string of the molecule is Cl.Clc1ccc(-n2nc(OCCN3CCCC3)cc2-c2ccccc2)cc1Cl. The van der Waals surface area contributed by atoms with Crippen LogP contribution in [0.1, 0.15) is 12.8 Å². The van der Waals surface area contributed by atoms with Gasteiger partial charge in [-0.1, -0.05) is 53.5 Å². The van der Waals surface area contributed by atoms with Crippen molar-refractivity contribution in [3.63, 3.8) is 0 Å². The van der Waals surface area contributed by atoms with E-state index < -0.39 is 0 Å². The minimum Gasteiger partial charge on any atom is -0.475 e. The monoisotopic (exact) mass is 437 g/mol. The smallest absolute Gasteiger partial charge is 0.233 e. The van der Waals surface area contributed by atoms with Gasteiger partial charge in [0.2, 0.25) is 5.88 Å². The summed E-state index contributed by atoms with van der Waals surface area (Å²) in [4.78, 5) is 2.42. The molecule has 2 aromatic carbocycles. The van der Waals surface area contributed by atoms with Crippen LogP contribution in [-0.2, 0) is 0 Å². The molecule has 4 rings (SSSR count). The number of halogens is 3. The Morgan fingerprint density at radius 1 is 0.929 bits per heavy atom. The number of rotatable bonds is 6. The van der Waals surface area contributed by atoms with Gasteiger partial charge in [-0.05, 0) is 44.1 Å². The second-order valence-electron chi connectivity index (χ2n) is 6.64. The van der Waals surface area contributed by atoms with E-state index >= 15 is 0 Å². The van der Waals surface area contributed by atoms with Gasteiger partial charge in [0.15, 0.2) is 0 Å². The number of hydrogen-bond donors (Lipinski definition) is 0. The standard InChI is InChI=1S/C21H21Cl2N3O.ClH/c22-18-9-8-17(14-19(18)23)26-20(16-6-2-1-3-7-16)15-21(24-26)27-13-12-25-10-4-5-11-25;/h1-3,6-9,14-15H,4-5,10-13H2;1H. The molecular weight excluding hydrogens is 417 g/mol. The second kappa shape index (κ2) is 9.66. The zero-order valence-corrected chi connectivity index (χ0v) is 17.7. The Balaban J connectivity index is 0.00000225. The van der Waals surface area contributed by atoms with Crippen LogP contribution in [0.15, 0.2) is 54.6 Å². The van der Waals surface area contributed by atoms with Gasteiger partial charge in [-0.2, -0.15) is 0 Å². The van der Waals surface area contributed by atoms with Crippen LogP contribution in [0.5, 0.6) is 5.88 Å². The molecule has 28 heavy (non-hydrogen) atoms. The van der Waals surface area contributed by atoms with Gasteiger partial charge in [-0.15, -0.1) is 17.5 Å². The van der Waals surface area contributed by atoms with Crippen LogP contribution in [0.3, 0.4) is 0 Å². The summed E-state index contributed by atoms with van der Waals surface area (Å²) < 4.78 is 7.80. The van der Waals surface area contributed by atoms with Crippen LogP contribution in [0.4, 0.5) is 0 Å². The Morgan fingerprint density at radius 3 is 2.39 bits per heavy atom. The Hall–Kier alpha value is -1.72. The molecule has 0 aliphatic carbocycles. The molecule has 2 heterocycles. The summed E-state index contributed by atoms with van der Waals surface area (Å²) >= 11 is 12.3. The molecule has 0 radical (unpaired) electrons. The molecule has 0 unspecified atom stereocenters. The lowest BCUT2D eigenvalue weighted by molar-refractivity contribution is 0.231. The molecule has 0 amide bonds. The fourth-order valence-electron chi connectivity index (χ4n) is 3.34. The zero-order chi connectivity index (χ0) is 18.6. The molecule has 1 fully saturated rings. The van der Waals surface area contributed by atoms with Crippen molar-refractivity contribution in [1.29, 1.82) is 0 Å². The number of nitrogens with zero attached hydrogens (tertiary/aromatic N) is 3. The van der Waals surface area contributed by atoms with Gasteiger partial charge >= 0.3 is 0 Å². The molecule has 0 bridgehead atoms. The predicted molar refractivity (Wildman–Crippen MR) is 117 cm³/mol. The molecule has 7 heteroatoms. The van der Waals surface area contributed by atoms with Gasteiger partial charge in [-0.25, -0.2) is 4.68 Å². The van der Waals surface area contributed by atoms with Crippen molar-refractivity contribution in [2.75, 3.05) is 26.2 Å². The third kappa shape index (κ3) is 4.81. The van der Waals surface area contributed by atoms with Crippen LogP contribution in [0.2, 0.25) is 10.0 Å². The minimum atomic E-state index is 0. The third-order valence-electron chi connectivity index (χ3n) is 4.76. The van der Waals surface area contributed by atoms with E-state index in [1.807, 2.05) is 41.1 Å². The molecular formula is C21H22Cl3N3O. The predicted octanol–water partition coefficient (Wildman–Crippen LogP) is 5.74. The van der Waals surface area contributed by atoms with E-state index in [0.29, 0.717) is 22.5 Å². The maximum absolute atomic E-state index is 6.22. The highest BCUT2D eigenvalue weighted by Crippen LogP contribution is 2.30. The first-order chi connectivity index (χ1) is 13.2. The highest BCUT2D eigenvalue weighted by atomic mass is 35.5. The highest BCUT2D eigenvalue weighted by Gasteiger charge is 2.15. The summed E-state index contributed by atoms with van der Waals surface area (Å²) in [6.07, 6.45) is 2.56. The Kier molecular flexibility index (Phi) is 7.24. The largest absolute Gasteiger partial charge is 0.475 e. The van der Waals surface area contributed by atoms with Gasteiger partial charge in [0.25, 0.3) is 0 Å². The molecule has 0 atom stereocenters. The molecule has 0 spiro atoms.